The first-order valence-electron chi connectivity index (χ1n) is 5.03. The Morgan fingerprint density at radius 3 is 2.94 bits per heavy atom. The van der Waals surface area contributed by atoms with E-state index in [4.69, 9.17) is 5.11 Å². The zero-order valence-electron chi connectivity index (χ0n) is 8.91. The summed E-state index contributed by atoms with van der Waals surface area (Å²) in [5, 5.41) is 13.8. The highest BCUT2D eigenvalue weighted by Crippen LogP contribution is 2.06. The quantitative estimate of drug-likeness (QED) is 0.799. The number of carboxylic acid groups (broad SMARTS) is 1. The van der Waals surface area contributed by atoms with Crippen molar-refractivity contribution in [3.8, 4) is 0 Å². The number of rotatable bonds is 3. The summed E-state index contributed by atoms with van der Waals surface area (Å²) in [5.41, 5.74) is -0.224. The largest absolute Gasteiger partial charge is 0.478 e. The minimum absolute atomic E-state index is 0.149. The lowest BCUT2D eigenvalue weighted by atomic mass is 10.2. The lowest BCUT2D eigenvalue weighted by molar-refractivity contribution is -0.131. The first-order chi connectivity index (χ1) is 8.18. The molecule has 1 heterocycles. The average molecular weight is 230 g/mol. The fourth-order valence-electron chi connectivity index (χ4n) is 1.51. The van der Waals surface area contributed by atoms with Crippen molar-refractivity contribution >= 4 is 16.7 Å². The molecule has 0 fully saturated rings. The topological polar surface area (TPSA) is 72.2 Å². The third-order valence-electron chi connectivity index (χ3n) is 2.30. The number of fused-ring (bicyclic) bond motifs is 1. The van der Waals surface area contributed by atoms with Gasteiger partial charge in [-0.25, -0.2) is 9.48 Å². The van der Waals surface area contributed by atoms with Crippen molar-refractivity contribution in [2.75, 3.05) is 0 Å². The Balaban J connectivity index is 2.40. The molecule has 0 bridgehead atoms. The molecule has 0 radical (unpaired) electrons. The molecule has 2 aromatic rings. The van der Waals surface area contributed by atoms with Crippen molar-refractivity contribution in [1.29, 1.82) is 0 Å². The summed E-state index contributed by atoms with van der Waals surface area (Å²) in [5.74, 6) is -1.04. The number of nitrogens with zero attached hydrogens (tertiary/aromatic N) is 2. The Bertz CT molecular complexity index is 643. The molecule has 0 saturated heterocycles. The van der Waals surface area contributed by atoms with Crippen molar-refractivity contribution in [3.63, 3.8) is 0 Å². The number of benzene rings is 1. The molecule has 0 aliphatic carbocycles. The zero-order valence-corrected chi connectivity index (χ0v) is 8.91. The van der Waals surface area contributed by atoms with E-state index in [1.54, 1.807) is 24.4 Å². The Morgan fingerprint density at radius 2 is 2.18 bits per heavy atom. The van der Waals surface area contributed by atoms with Crippen LogP contribution < -0.4 is 5.56 Å². The molecule has 0 spiro atoms. The van der Waals surface area contributed by atoms with E-state index in [0.29, 0.717) is 5.39 Å². The van der Waals surface area contributed by atoms with Gasteiger partial charge >= 0.3 is 5.97 Å². The van der Waals surface area contributed by atoms with Crippen molar-refractivity contribution in [3.05, 3.63) is 53.0 Å². The van der Waals surface area contributed by atoms with Gasteiger partial charge in [0.2, 0.25) is 0 Å². The van der Waals surface area contributed by atoms with Crippen molar-refractivity contribution < 1.29 is 9.90 Å². The van der Waals surface area contributed by atoms with E-state index in [9.17, 15) is 9.59 Å². The van der Waals surface area contributed by atoms with Gasteiger partial charge in [-0.2, -0.15) is 5.10 Å². The third-order valence-corrected chi connectivity index (χ3v) is 2.30. The van der Waals surface area contributed by atoms with Gasteiger partial charge in [-0.15, -0.1) is 0 Å². The highest BCUT2D eigenvalue weighted by molar-refractivity contribution is 5.80. The highest BCUT2D eigenvalue weighted by atomic mass is 16.4. The molecule has 17 heavy (non-hydrogen) atoms. The number of aromatic nitrogens is 2. The molecule has 1 aromatic carbocycles. The van der Waals surface area contributed by atoms with Gasteiger partial charge in [0.15, 0.2) is 0 Å². The fraction of sp³-hybridized carbons (Fsp3) is 0.0833. The first-order valence-corrected chi connectivity index (χ1v) is 5.03. The second-order valence-electron chi connectivity index (χ2n) is 3.46. The van der Waals surface area contributed by atoms with Gasteiger partial charge in [0.05, 0.1) is 18.1 Å². The molecule has 0 amide bonds. The Labute approximate surface area is 96.6 Å². The van der Waals surface area contributed by atoms with Crippen LogP contribution in [-0.4, -0.2) is 20.9 Å². The van der Waals surface area contributed by atoms with Gasteiger partial charge in [-0.05, 0) is 6.07 Å². The van der Waals surface area contributed by atoms with Gasteiger partial charge in [0, 0.05) is 11.5 Å². The van der Waals surface area contributed by atoms with Crippen LogP contribution in [0.2, 0.25) is 0 Å². The number of hydrogen-bond acceptors (Lipinski definition) is 3. The van der Waals surface area contributed by atoms with E-state index in [2.05, 4.69) is 5.10 Å². The number of aliphatic carboxylic acids is 1. The van der Waals surface area contributed by atoms with E-state index >= 15 is 0 Å². The molecule has 0 unspecified atom stereocenters. The molecule has 1 aromatic heterocycles. The first kappa shape index (κ1) is 11.1. The Hall–Kier alpha value is -2.43. The third kappa shape index (κ3) is 2.39. The molecular weight excluding hydrogens is 220 g/mol. The van der Waals surface area contributed by atoms with Gasteiger partial charge in [-0.1, -0.05) is 24.3 Å². The van der Waals surface area contributed by atoms with Crippen LogP contribution in [0.15, 0.2) is 47.4 Å². The highest BCUT2D eigenvalue weighted by Gasteiger charge is 2.01. The minimum atomic E-state index is -1.04. The molecule has 86 valence electrons. The second-order valence-corrected chi connectivity index (χ2v) is 3.46. The molecule has 5 nitrogen and oxygen atoms in total. The SMILES string of the molecule is O=C(O)C=CCn1ncc2ccccc2c1=O. The van der Waals surface area contributed by atoms with Crippen LogP contribution >= 0.6 is 0 Å². The van der Waals surface area contributed by atoms with Crippen LogP contribution in [0.25, 0.3) is 10.8 Å². The van der Waals surface area contributed by atoms with Crippen LogP contribution in [0.3, 0.4) is 0 Å². The van der Waals surface area contributed by atoms with E-state index in [0.717, 1.165) is 11.5 Å². The van der Waals surface area contributed by atoms with Gasteiger partial charge in [0.25, 0.3) is 5.56 Å². The monoisotopic (exact) mass is 230 g/mol. The van der Waals surface area contributed by atoms with Crippen LogP contribution in [0.5, 0.6) is 0 Å². The van der Waals surface area contributed by atoms with E-state index < -0.39 is 5.97 Å². The Kier molecular flexibility index (Phi) is 3.00. The molecule has 0 aliphatic heterocycles. The maximum Gasteiger partial charge on any atom is 0.328 e. The molecule has 0 atom stereocenters. The maximum absolute atomic E-state index is 11.9. The summed E-state index contributed by atoms with van der Waals surface area (Å²) in [6, 6.07) is 7.14. The molecular formula is C12H10N2O3. The average Bonchev–Trinajstić information content (AvgIpc) is 2.32. The van der Waals surface area contributed by atoms with Crippen molar-refractivity contribution in [2.24, 2.45) is 0 Å². The summed E-state index contributed by atoms with van der Waals surface area (Å²) in [6.45, 7) is 0.149. The predicted octanol–water partition coefficient (Wildman–Crippen LogP) is 1.04. The van der Waals surface area contributed by atoms with E-state index in [-0.39, 0.29) is 12.1 Å². The summed E-state index contributed by atoms with van der Waals surface area (Å²) < 4.78 is 1.22. The summed E-state index contributed by atoms with van der Waals surface area (Å²) in [4.78, 5) is 22.2. The minimum Gasteiger partial charge on any atom is -0.478 e. The molecule has 1 N–H and O–H groups in total. The van der Waals surface area contributed by atoms with Gasteiger partial charge in [0.1, 0.15) is 0 Å². The standard InChI is InChI=1S/C12H10N2O3/c15-11(16)6-3-7-14-12(17)10-5-2-1-4-9(10)8-13-14/h1-6,8H,7H2,(H,15,16). The smallest absolute Gasteiger partial charge is 0.328 e. The lowest BCUT2D eigenvalue weighted by Crippen LogP contribution is -2.22. The normalized spacial score (nSPS) is 11.1. The number of carbonyl (C=O) groups is 1. The van der Waals surface area contributed by atoms with E-state index in [1.807, 2.05) is 6.07 Å². The summed E-state index contributed by atoms with van der Waals surface area (Å²) in [6.07, 6.45) is 3.96. The number of carboxylic acids is 1. The number of allylic oxidation sites excluding steroid dienone is 1. The van der Waals surface area contributed by atoms with E-state index in [1.165, 1.54) is 10.8 Å². The molecule has 2 rings (SSSR count). The Morgan fingerprint density at radius 1 is 1.41 bits per heavy atom. The van der Waals surface area contributed by atoms with Crippen molar-refractivity contribution in [1.82, 2.24) is 9.78 Å². The zero-order chi connectivity index (χ0) is 12.3. The predicted molar refractivity (Wildman–Crippen MR) is 62.8 cm³/mol. The molecule has 5 heteroatoms. The fourth-order valence-corrected chi connectivity index (χ4v) is 1.51. The van der Waals surface area contributed by atoms with Crippen LogP contribution in [0.1, 0.15) is 0 Å². The maximum atomic E-state index is 11.9. The van der Waals surface area contributed by atoms with Crippen LogP contribution in [0, 0.1) is 0 Å². The summed E-state index contributed by atoms with van der Waals surface area (Å²) >= 11 is 0. The second kappa shape index (κ2) is 4.61. The number of hydrogen-bond donors (Lipinski definition) is 1. The van der Waals surface area contributed by atoms with Crippen LogP contribution in [-0.2, 0) is 11.3 Å². The lowest BCUT2D eigenvalue weighted by Gasteiger charge is -2.02. The van der Waals surface area contributed by atoms with Gasteiger partial charge in [-0.3, -0.25) is 4.79 Å². The molecule has 0 saturated carbocycles. The van der Waals surface area contributed by atoms with Gasteiger partial charge < -0.3 is 5.11 Å². The van der Waals surface area contributed by atoms with Crippen molar-refractivity contribution in [2.45, 2.75) is 6.54 Å². The van der Waals surface area contributed by atoms with Crippen LogP contribution in [0.4, 0.5) is 0 Å². The summed E-state index contributed by atoms with van der Waals surface area (Å²) in [7, 11) is 0. The molecule has 0 aliphatic rings.